The summed E-state index contributed by atoms with van der Waals surface area (Å²) < 4.78 is 16.1. The highest BCUT2D eigenvalue weighted by Crippen LogP contribution is 2.31. The van der Waals surface area contributed by atoms with Gasteiger partial charge in [-0.25, -0.2) is 14.6 Å². The summed E-state index contributed by atoms with van der Waals surface area (Å²) in [7, 11) is 1.47. The van der Waals surface area contributed by atoms with E-state index in [9.17, 15) is 9.59 Å². The summed E-state index contributed by atoms with van der Waals surface area (Å²) in [5.74, 6) is -0.347. The van der Waals surface area contributed by atoms with E-state index in [1.807, 2.05) is 13.0 Å². The van der Waals surface area contributed by atoms with Gasteiger partial charge in [0.15, 0.2) is 17.2 Å². The van der Waals surface area contributed by atoms with E-state index in [4.69, 9.17) is 25.8 Å². The summed E-state index contributed by atoms with van der Waals surface area (Å²) in [5, 5.41) is 0.432. The van der Waals surface area contributed by atoms with Gasteiger partial charge in [0.2, 0.25) is 5.90 Å². The standard InChI is InChI=1S/C25H18ClNO5/c1-15-6-5-7-17(12-15)24(28)31-21-11-10-16(14-22(21)30-2)13-20-25(29)32-23(27-20)18-8-3-4-9-19(18)26/h3-14H,1-2H3/b20-13-. The van der Waals surface area contributed by atoms with E-state index in [0.717, 1.165) is 5.56 Å². The number of hydrogen-bond acceptors (Lipinski definition) is 6. The highest BCUT2D eigenvalue weighted by molar-refractivity contribution is 6.34. The minimum absolute atomic E-state index is 0.117. The number of halogens is 1. The second-order valence-electron chi connectivity index (χ2n) is 6.99. The number of rotatable bonds is 5. The lowest BCUT2D eigenvalue weighted by atomic mass is 10.1. The molecule has 0 aliphatic carbocycles. The third-order valence-electron chi connectivity index (χ3n) is 4.67. The van der Waals surface area contributed by atoms with E-state index in [0.29, 0.717) is 27.5 Å². The van der Waals surface area contributed by atoms with Gasteiger partial charge in [-0.05, 0) is 55.0 Å². The normalized spacial score (nSPS) is 14.2. The first-order chi connectivity index (χ1) is 15.4. The van der Waals surface area contributed by atoms with Crippen molar-refractivity contribution in [2.45, 2.75) is 6.92 Å². The molecule has 6 nitrogen and oxygen atoms in total. The molecule has 0 amide bonds. The predicted octanol–water partition coefficient (Wildman–Crippen LogP) is 5.22. The molecular formula is C25H18ClNO5. The first-order valence-corrected chi connectivity index (χ1v) is 10.1. The number of aliphatic imine (C=N–C) groups is 1. The lowest BCUT2D eigenvalue weighted by Crippen LogP contribution is -2.09. The zero-order valence-corrected chi connectivity index (χ0v) is 18.1. The number of carbonyl (C=O) groups excluding carboxylic acids is 2. The van der Waals surface area contributed by atoms with Gasteiger partial charge in [-0.2, -0.15) is 0 Å². The first-order valence-electron chi connectivity index (χ1n) is 9.69. The molecule has 0 saturated carbocycles. The molecule has 1 aliphatic rings. The highest BCUT2D eigenvalue weighted by atomic mass is 35.5. The van der Waals surface area contributed by atoms with Crippen LogP contribution in [0.4, 0.5) is 0 Å². The van der Waals surface area contributed by atoms with E-state index >= 15 is 0 Å². The average molecular weight is 448 g/mol. The van der Waals surface area contributed by atoms with Crippen LogP contribution >= 0.6 is 11.6 Å². The average Bonchev–Trinajstić information content (AvgIpc) is 3.14. The van der Waals surface area contributed by atoms with Gasteiger partial charge in [-0.1, -0.05) is 47.5 Å². The van der Waals surface area contributed by atoms with Gasteiger partial charge >= 0.3 is 11.9 Å². The summed E-state index contributed by atoms with van der Waals surface area (Å²) in [6, 6.07) is 19.0. The molecule has 0 bridgehead atoms. The SMILES string of the molecule is COc1cc(/C=C2\N=C(c3ccccc3Cl)OC2=O)ccc1OC(=O)c1cccc(C)c1. The Bertz CT molecular complexity index is 1280. The van der Waals surface area contributed by atoms with Crippen LogP contribution in [0.15, 0.2) is 77.4 Å². The Morgan fingerprint density at radius 2 is 1.84 bits per heavy atom. The molecule has 1 aliphatic heterocycles. The van der Waals surface area contributed by atoms with E-state index in [1.165, 1.54) is 7.11 Å². The molecule has 4 rings (SSSR count). The largest absolute Gasteiger partial charge is 0.493 e. The van der Waals surface area contributed by atoms with Crippen molar-refractivity contribution in [2.24, 2.45) is 4.99 Å². The van der Waals surface area contributed by atoms with Crippen LogP contribution in [0.2, 0.25) is 5.02 Å². The van der Waals surface area contributed by atoms with Crippen molar-refractivity contribution < 1.29 is 23.8 Å². The van der Waals surface area contributed by atoms with Gasteiger partial charge in [-0.15, -0.1) is 0 Å². The monoisotopic (exact) mass is 447 g/mol. The maximum Gasteiger partial charge on any atom is 0.363 e. The van der Waals surface area contributed by atoms with Crippen molar-refractivity contribution in [3.05, 3.63) is 99.7 Å². The molecule has 0 radical (unpaired) electrons. The van der Waals surface area contributed by atoms with Crippen LogP contribution in [-0.2, 0) is 9.53 Å². The van der Waals surface area contributed by atoms with E-state index in [-0.39, 0.29) is 17.3 Å². The zero-order chi connectivity index (χ0) is 22.7. The third kappa shape index (κ3) is 4.55. The van der Waals surface area contributed by atoms with Gasteiger partial charge < -0.3 is 14.2 Å². The van der Waals surface area contributed by atoms with Crippen LogP contribution in [0.5, 0.6) is 11.5 Å². The fraction of sp³-hybridized carbons (Fsp3) is 0.0800. The van der Waals surface area contributed by atoms with Crippen molar-refractivity contribution in [3.63, 3.8) is 0 Å². The Balaban J connectivity index is 1.59. The molecular weight excluding hydrogens is 430 g/mol. The topological polar surface area (TPSA) is 74.2 Å². The highest BCUT2D eigenvalue weighted by Gasteiger charge is 2.25. The maximum atomic E-state index is 12.5. The number of cyclic esters (lactones) is 1. The van der Waals surface area contributed by atoms with Crippen LogP contribution in [-0.4, -0.2) is 24.9 Å². The van der Waals surface area contributed by atoms with Gasteiger partial charge in [0, 0.05) is 0 Å². The summed E-state index contributed by atoms with van der Waals surface area (Å²) in [4.78, 5) is 29.0. The number of aryl methyl sites for hydroxylation is 1. The Labute approximate surface area is 189 Å². The van der Waals surface area contributed by atoms with Crippen molar-refractivity contribution in [2.75, 3.05) is 7.11 Å². The summed E-state index contributed by atoms with van der Waals surface area (Å²) in [6.07, 6.45) is 1.56. The van der Waals surface area contributed by atoms with Crippen LogP contribution < -0.4 is 9.47 Å². The minimum Gasteiger partial charge on any atom is -0.493 e. The Morgan fingerprint density at radius 3 is 2.59 bits per heavy atom. The fourth-order valence-electron chi connectivity index (χ4n) is 3.11. The van der Waals surface area contributed by atoms with Gasteiger partial charge in [0.25, 0.3) is 0 Å². The van der Waals surface area contributed by atoms with E-state index in [1.54, 1.807) is 66.7 Å². The second-order valence-corrected chi connectivity index (χ2v) is 7.39. The van der Waals surface area contributed by atoms with Crippen LogP contribution in [0.3, 0.4) is 0 Å². The lowest BCUT2D eigenvalue weighted by Gasteiger charge is -2.10. The summed E-state index contributed by atoms with van der Waals surface area (Å²) in [5.41, 5.74) is 2.66. The molecule has 7 heteroatoms. The number of ether oxygens (including phenoxy) is 3. The Morgan fingerprint density at radius 1 is 1.03 bits per heavy atom. The number of nitrogens with zero attached hydrogens (tertiary/aromatic N) is 1. The van der Waals surface area contributed by atoms with Crippen LogP contribution in [0, 0.1) is 6.92 Å². The molecule has 0 N–H and O–H groups in total. The predicted molar refractivity (Wildman–Crippen MR) is 121 cm³/mol. The number of carbonyl (C=O) groups is 2. The lowest BCUT2D eigenvalue weighted by molar-refractivity contribution is -0.129. The molecule has 160 valence electrons. The smallest absolute Gasteiger partial charge is 0.363 e. The molecule has 0 saturated heterocycles. The molecule has 1 heterocycles. The summed E-state index contributed by atoms with van der Waals surface area (Å²) >= 11 is 6.16. The molecule has 0 aromatic heterocycles. The van der Waals surface area contributed by atoms with Gasteiger partial charge in [0.05, 0.1) is 23.3 Å². The quantitative estimate of drug-likeness (QED) is 0.304. The van der Waals surface area contributed by atoms with Crippen molar-refractivity contribution in [1.82, 2.24) is 0 Å². The van der Waals surface area contributed by atoms with Crippen LogP contribution in [0.1, 0.15) is 27.0 Å². The van der Waals surface area contributed by atoms with E-state index in [2.05, 4.69) is 4.99 Å². The fourth-order valence-corrected chi connectivity index (χ4v) is 3.32. The van der Waals surface area contributed by atoms with Gasteiger partial charge in [-0.3, -0.25) is 0 Å². The number of hydrogen-bond donors (Lipinski definition) is 0. The van der Waals surface area contributed by atoms with Gasteiger partial charge in [0.1, 0.15) is 0 Å². The minimum atomic E-state index is -0.589. The molecule has 3 aromatic rings. The zero-order valence-electron chi connectivity index (χ0n) is 17.3. The van der Waals surface area contributed by atoms with Crippen molar-refractivity contribution in [1.29, 1.82) is 0 Å². The third-order valence-corrected chi connectivity index (χ3v) is 5.00. The van der Waals surface area contributed by atoms with Crippen molar-refractivity contribution >= 4 is 35.5 Å². The second kappa shape index (κ2) is 9.08. The van der Waals surface area contributed by atoms with Crippen LogP contribution in [0.25, 0.3) is 6.08 Å². The Kier molecular flexibility index (Phi) is 6.05. The molecule has 0 atom stereocenters. The summed E-state index contributed by atoms with van der Waals surface area (Å²) in [6.45, 7) is 1.90. The molecule has 3 aromatic carbocycles. The molecule has 0 fully saturated rings. The number of esters is 2. The number of benzene rings is 3. The maximum absolute atomic E-state index is 12.5. The molecule has 0 unspecified atom stereocenters. The van der Waals surface area contributed by atoms with E-state index < -0.39 is 11.9 Å². The number of methoxy groups -OCH3 is 1. The van der Waals surface area contributed by atoms with Crippen molar-refractivity contribution in [3.8, 4) is 11.5 Å². The molecule has 0 spiro atoms. The molecule has 32 heavy (non-hydrogen) atoms. The first kappa shape index (κ1) is 21.3. The Hall–Kier alpha value is -3.90.